The van der Waals surface area contributed by atoms with Gasteiger partial charge in [0.05, 0.1) is 0 Å². The van der Waals surface area contributed by atoms with Gasteiger partial charge in [-0.1, -0.05) is 26.2 Å². The van der Waals surface area contributed by atoms with Gasteiger partial charge in [0.2, 0.25) is 0 Å². The first-order chi connectivity index (χ1) is 7.68. The fourth-order valence-electron chi connectivity index (χ4n) is 3.17. The van der Waals surface area contributed by atoms with Crippen LogP contribution in [-0.4, -0.2) is 30.1 Å². The fourth-order valence-corrected chi connectivity index (χ4v) is 3.17. The van der Waals surface area contributed by atoms with Crippen molar-refractivity contribution in [2.75, 3.05) is 19.6 Å². The Morgan fingerprint density at radius 2 is 2.00 bits per heavy atom. The van der Waals surface area contributed by atoms with Crippen LogP contribution in [0.2, 0.25) is 0 Å². The molecule has 2 unspecified atom stereocenters. The van der Waals surface area contributed by atoms with Crippen molar-refractivity contribution in [3.8, 4) is 0 Å². The Kier molecular flexibility index (Phi) is 3.91. The molecule has 2 rings (SSSR count). The Balaban J connectivity index is 1.95. The number of likely N-dealkylation sites (tertiary alicyclic amines) is 1. The maximum Gasteiger partial charge on any atom is 0.0306 e. The summed E-state index contributed by atoms with van der Waals surface area (Å²) in [6, 6.07) is 0. The predicted octanol–water partition coefficient (Wildman–Crippen LogP) is 2.63. The van der Waals surface area contributed by atoms with Gasteiger partial charge in [-0.2, -0.15) is 0 Å². The first-order valence-corrected chi connectivity index (χ1v) is 7.13. The van der Waals surface area contributed by atoms with Gasteiger partial charge >= 0.3 is 0 Å². The van der Waals surface area contributed by atoms with Gasteiger partial charge in [0.15, 0.2) is 0 Å². The van der Waals surface area contributed by atoms with E-state index in [2.05, 4.69) is 18.7 Å². The summed E-state index contributed by atoms with van der Waals surface area (Å²) >= 11 is 0. The molecule has 0 bridgehead atoms. The van der Waals surface area contributed by atoms with Gasteiger partial charge in [-0.3, -0.25) is 4.90 Å². The molecule has 2 nitrogen and oxygen atoms in total. The van der Waals surface area contributed by atoms with E-state index in [-0.39, 0.29) is 5.54 Å². The predicted molar refractivity (Wildman–Crippen MR) is 69.4 cm³/mol. The van der Waals surface area contributed by atoms with E-state index in [1.807, 2.05) is 0 Å². The Bertz CT molecular complexity index is 225. The lowest BCUT2D eigenvalue weighted by atomic mass is 9.87. The molecule has 0 aromatic heterocycles. The third kappa shape index (κ3) is 2.78. The molecule has 0 aromatic rings. The van der Waals surface area contributed by atoms with Crippen LogP contribution < -0.4 is 5.73 Å². The second-order valence-electron chi connectivity index (χ2n) is 6.21. The Labute approximate surface area is 101 Å². The van der Waals surface area contributed by atoms with Crippen LogP contribution in [0, 0.1) is 11.8 Å². The smallest absolute Gasteiger partial charge is 0.0306 e. The van der Waals surface area contributed by atoms with Crippen molar-refractivity contribution in [1.29, 1.82) is 0 Å². The van der Waals surface area contributed by atoms with Crippen LogP contribution in [0.1, 0.15) is 52.4 Å². The van der Waals surface area contributed by atoms with Gasteiger partial charge in [-0.05, 0) is 44.6 Å². The van der Waals surface area contributed by atoms with E-state index >= 15 is 0 Å². The van der Waals surface area contributed by atoms with Gasteiger partial charge in [0.25, 0.3) is 0 Å². The van der Waals surface area contributed by atoms with Crippen LogP contribution in [-0.2, 0) is 0 Å². The van der Waals surface area contributed by atoms with Crippen LogP contribution in [0.15, 0.2) is 0 Å². The Morgan fingerprint density at radius 1 is 1.25 bits per heavy atom. The molecule has 0 radical (unpaired) electrons. The highest BCUT2D eigenvalue weighted by Crippen LogP contribution is 2.39. The molecule has 2 N–H and O–H groups in total. The minimum atomic E-state index is 0.287. The summed E-state index contributed by atoms with van der Waals surface area (Å²) in [5, 5.41) is 0. The first-order valence-electron chi connectivity index (χ1n) is 7.13. The molecule has 0 aromatic carbocycles. The summed E-state index contributed by atoms with van der Waals surface area (Å²) < 4.78 is 0. The number of rotatable bonds is 5. The van der Waals surface area contributed by atoms with Gasteiger partial charge in [0, 0.05) is 18.6 Å². The van der Waals surface area contributed by atoms with Crippen LogP contribution in [0.3, 0.4) is 0 Å². The molecule has 94 valence electrons. The number of nitrogens with two attached hydrogens (primary N) is 1. The molecule has 0 amide bonds. The average Bonchev–Trinajstić information content (AvgIpc) is 3.13. The summed E-state index contributed by atoms with van der Waals surface area (Å²) in [5.74, 6) is 1.90. The Morgan fingerprint density at radius 3 is 2.56 bits per heavy atom. The van der Waals surface area contributed by atoms with E-state index in [9.17, 15) is 0 Å². The topological polar surface area (TPSA) is 29.3 Å². The lowest BCUT2D eigenvalue weighted by Crippen LogP contribution is -2.55. The Hall–Kier alpha value is -0.0800. The third-order valence-electron chi connectivity index (χ3n) is 4.72. The monoisotopic (exact) mass is 224 g/mol. The maximum absolute atomic E-state index is 6.06. The molecule has 2 aliphatic rings. The molecule has 1 saturated carbocycles. The highest BCUT2D eigenvalue weighted by atomic mass is 15.2. The van der Waals surface area contributed by atoms with Gasteiger partial charge in [-0.15, -0.1) is 0 Å². The molecule has 2 heteroatoms. The van der Waals surface area contributed by atoms with E-state index in [4.69, 9.17) is 5.73 Å². The minimum Gasteiger partial charge on any atom is -0.329 e. The van der Waals surface area contributed by atoms with Crippen molar-refractivity contribution in [2.45, 2.75) is 57.9 Å². The summed E-state index contributed by atoms with van der Waals surface area (Å²) in [5.41, 5.74) is 6.35. The number of piperidine rings is 1. The third-order valence-corrected chi connectivity index (χ3v) is 4.72. The van der Waals surface area contributed by atoms with Crippen molar-refractivity contribution in [1.82, 2.24) is 4.90 Å². The fraction of sp³-hybridized carbons (Fsp3) is 1.00. The van der Waals surface area contributed by atoms with Crippen molar-refractivity contribution in [3.63, 3.8) is 0 Å². The number of hydrogen-bond acceptors (Lipinski definition) is 2. The molecule has 1 heterocycles. The van der Waals surface area contributed by atoms with E-state index in [0.29, 0.717) is 0 Å². The van der Waals surface area contributed by atoms with Crippen molar-refractivity contribution >= 4 is 0 Å². The lowest BCUT2D eigenvalue weighted by Gasteiger charge is -2.45. The number of hydrogen-bond donors (Lipinski definition) is 1. The molecule has 1 saturated heterocycles. The quantitative estimate of drug-likeness (QED) is 0.778. The summed E-state index contributed by atoms with van der Waals surface area (Å²) in [4.78, 5) is 2.70. The van der Waals surface area contributed by atoms with E-state index in [0.717, 1.165) is 18.4 Å². The minimum absolute atomic E-state index is 0.287. The molecule has 16 heavy (non-hydrogen) atoms. The highest BCUT2D eigenvalue weighted by Gasteiger charge is 2.38. The van der Waals surface area contributed by atoms with E-state index in [1.165, 1.54) is 51.6 Å². The maximum atomic E-state index is 6.06. The lowest BCUT2D eigenvalue weighted by molar-refractivity contribution is 0.0486. The van der Waals surface area contributed by atoms with Crippen molar-refractivity contribution in [3.05, 3.63) is 0 Å². The largest absolute Gasteiger partial charge is 0.329 e. The van der Waals surface area contributed by atoms with Gasteiger partial charge in [-0.25, -0.2) is 0 Å². The number of nitrogens with zero attached hydrogens (tertiary/aromatic N) is 1. The molecular formula is C14H28N2. The van der Waals surface area contributed by atoms with Crippen LogP contribution >= 0.6 is 0 Å². The normalized spacial score (nSPS) is 31.3. The molecule has 1 aliphatic heterocycles. The van der Waals surface area contributed by atoms with Crippen molar-refractivity contribution < 1.29 is 0 Å². The summed E-state index contributed by atoms with van der Waals surface area (Å²) in [7, 11) is 0. The summed E-state index contributed by atoms with van der Waals surface area (Å²) in [6.45, 7) is 8.12. The van der Waals surface area contributed by atoms with Crippen molar-refractivity contribution in [2.24, 2.45) is 17.6 Å². The van der Waals surface area contributed by atoms with Crippen LogP contribution in [0.4, 0.5) is 0 Å². The molecule has 2 fully saturated rings. The SMILES string of the molecule is CCC1CCCN(C(C)(CN)CC2CC2)C1. The molecule has 0 spiro atoms. The second kappa shape index (κ2) is 5.05. The average molecular weight is 224 g/mol. The zero-order chi connectivity index (χ0) is 11.6. The van der Waals surface area contributed by atoms with Gasteiger partial charge in [0.1, 0.15) is 0 Å². The van der Waals surface area contributed by atoms with E-state index < -0.39 is 0 Å². The standard InChI is InChI=1S/C14H28N2/c1-3-12-5-4-8-16(10-12)14(2,11-15)9-13-6-7-13/h12-13H,3-11,15H2,1-2H3. The highest BCUT2D eigenvalue weighted by molar-refractivity contribution is 4.94. The van der Waals surface area contributed by atoms with Crippen LogP contribution in [0.25, 0.3) is 0 Å². The second-order valence-corrected chi connectivity index (χ2v) is 6.21. The zero-order valence-corrected chi connectivity index (χ0v) is 11.0. The first kappa shape index (κ1) is 12.4. The van der Waals surface area contributed by atoms with Crippen LogP contribution in [0.5, 0.6) is 0 Å². The van der Waals surface area contributed by atoms with Gasteiger partial charge < -0.3 is 5.73 Å². The van der Waals surface area contributed by atoms with E-state index in [1.54, 1.807) is 0 Å². The molecular weight excluding hydrogens is 196 g/mol. The zero-order valence-electron chi connectivity index (χ0n) is 11.0. The summed E-state index contributed by atoms with van der Waals surface area (Å²) in [6.07, 6.45) is 8.36. The molecule has 1 aliphatic carbocycles. The molecule has 2 atom stereocenters.